The summed E-state index contributed by atoms with van der Waals surface area (Å²) in [6.07, 6.45) is 0. The average molecular weight is 1690 g/mol. The molecule has 0 bridgehead atoms. The van der Waals surface area contributed by atoms with Crippen LogP contribution >= 0.6 is 22.7 Å². The van der Waals surface area contributed by atoms with E-state index in [1.54, 1.807) is 0 Å². The molecule has 0 atom stereocenters. The number of nitrogens with zero attached hydrogens (tertiary/aromatic N) is 12. The zero-order valence-corrected chi connectivity index (χ0v) is 71.3. The summed E-state index contributed by atoms with van der Waals surface area (Å²) < 4.78 is 18.0. The fourth-order valence-corrected chi connectivity index (χ4v) is 21.4. The first-order valence-electron chi connectivity index (χ1n) is 43.1. The molecular formula is C114H72N12OS2. The van der Waals surface area contributed by atoms with Gasteiger partial charge in [0, 0.05) is 117 Å². The number of thiophene rings is 2. The molecule has 27 rings (SSSR count). The normalized spacial score (nSPS) is 12.3. The van der Waals surface area contributed by atoms with Gasteiger partial charge in [-0.2, -0.15) is 29.9 Å². The molecule has 1 aliphatic rings. The van der Waals surface area contributed by atoms with Crippen molar-refractivity contribution >= 4 is 150 Å². The molecule has 0 saturated heterocycles. The monoisotopic (exact) mass is 1690 g/mol. The van der Waals surface area contributed by atoms with Crippen molar-refractivity contribution in [3.8, 4) is 108 Å². The predicted octanol–water partition coefficient (Wildman–Crippen LogP) is 29.5. The van der Waals surface area contributed by atoms with E-state index in [0.29, 0.717) is 52.8 Å². The Hall–Kier alpha value is -16.6. The van der Waals surface area contributed by atoms with Crippen LogP contribution in [0.2, 0.25) is 0 Å². The highest BCUT2D eigenvalue weighted by atomic mass is 32.1. The number of aromatic nitrogens is 12. The summed E-state index contributed by atoms with van der Waals surface area (Å²) in [6, 6.07) is 139. The number of para-hydroxylation sites is 4. The van der Waals surface area contributed by atoms with Crippen LogP contribution in [0.25, 0.3) is 236 Å². The van der Waals surface area contributed by atoms with Gasteiger partial charge in [0.25, 0.3) is 0 Å². The Kier molecular flexibility index (Phi) is 17.7. The summed E-state index contributed by atoms with van der Waals surface area (Å²) in [5, 5.41) is 14.1. The second kappa shape index (κ2) is 30.4. The smallest absolute Gasteiger partial charge is 0.238 e. The van der Waals surface area contributed by atoms with Gasteiger partial charge < -0.3 is 4.42 Å². The molecule has 606 valence electrons. The predicted molar refractivity (Wildman–Crippen MR) is 531 cm³/mol. The highest BCUT2D eigenvalue weighted by Crippen LogP contribution is 2.51. The number of benzene rings is 17. The lowest BCUT2D eigenvalue weighted by Gasteiger charge is -2.21. The maximum absolute atomic E-state index is 6.31. The molecule has 15 heteroatoms. The van der Waals surface area contributed by atoms with Crippen LogP contribution in [0.15, 0.2) is 405 Å². The summed E-state index contributed by atoms with van der Waals surface area (Å²) >= 11 is 3.65. The van der Waals surface area contributed by atoms with E-state index < -0.39 is 0 Å². The lowest BCUT2D eigenvalue weighted by Crippen LogP contribution is -2.15. The van der Waals surface area contributed by atoms with Crippen molar-refractivity contribution in [2.45, 2.75) is 19.3 Å². The van der Waals surface area contributed by atoms with Crippen molar-refractivity contribution in [3.63, 3.8) is 0 Å². The fraction of sp³-hybridized carbons (Fsp3) is 0.0263. The van der Waals surface area contributed by atoms with Crippen LogP contribution in [-0.4, -0.2) is 58.6 Å². The molecule has 129 heavy (non-hydrogen) atoms. The molecule has 0 N–H and O–H groups in total. The SMILES string of the molecule is CC1(C)c2ccccc2-c2ccc(-c3nc(-c4ccccc4)nc(-n4c5ccccc5c5ccc6sc7ccccc7c6c54)n3)cc21.c1ccc(-c2ccc(-c3nc(-c4ccccc4)nc(-n4c5ccccc5c5ccc6oc7ccccc7c6c54)n3)cc2)cc1.c1ccc(-c2nc(-c3ccccc3)nc(-n3c4ccccc4c4ccc5sc6ccccc6c5c43)n2)cc1. The van der Waals surface area contributed by atoms with Gasteiger partial charge in [0.15, 0.2) is 34.9 Å². The summed E-state index contributed by atoms with van der Waals surface area (Å²) in [5.74, 6) is 5.66. The molecule has 0 spiro atoms. The van der Waals surface area contributed by atoms with Gasteiger partial charge in [0.05, 0.1) is 38.5 Å². The summed E-state index contributed by atoms with van der Waals surface area (Å²) in [4.78, 5) is 46.0. The van der Waals surface area contributed by atoms with E-state index in [9.17, 15) is 0 Å². The first-order chi connectivity index (χ1) is 63.7. The third-order valence-electron chi connectivity index (χ3n) is 25.2. The van der Waals surface area contributed by atoms with Crippen LogP contribution in [0, 0.1) is 0 Å². The molecule has 0 saturated carbocycles. The fourth-order valence-electron chi connectivity index (χ4n) is 19.2. The molecule has 0 fully saturated rings. The number of hydrogen-bond donors (Lipinski definition) is 0. The Morgan fingerprint density at radius 2 is 0.535 bits per heavy atom. The zero-order valence-electron chi connectivity index (χ0n) is 69.7. The standard InChI is InChI=1S/C42H28N4S.C39H24N4O.C33H20N4S/c1-42(2)32-17-9-6-14-27(32)28-21-20-26(24-33(28)42)40-43-39(25-12-4-3-5-13-25)44-41(45-40)46-34-18-10-7-15-29(34)30-22-23-36-37(38(30)46)31-16-8-11-19-35(31)47-36;1-3-11-25(12-4-1)26-19-21-28(22-20-26)38-40-37(27-13-5-2-6-14-27)41-39(42-38)43-32-17-9-7-15-29(32)30-23-24-34-35(36(30)43)31-16-8-10-18-33(31)44-34;1-3-11-21(12-4-1)31-34-32(22-13-5-2-6-14-22)36-33(35-31)37-26-17-9-7-15-23(26)24-19-20-28-29(30(24)37)25-16-8-10-18-27(25)38-28/h3-24H,1-2H3;1-24H;1-20H. The van der Waals surface area contributed by atoms with Crippen LogP contribution in [0.1, 0.15) is 25.0 Å². The van der Waals surface area contributed by atoms with Gasteiger partial charge in [-0.1, -0.05) is 347 Å². The van der Waals surface area contributed by atoms with Crippen molar-refractivity contribution < 1.29 is 4.42 Å². The maximum atomic E-state index is 6.31. The molecule has 0 aliphatic heterocycles. The minimum absolute atomic E-state index is 0.126. The Labute approximate surface area is 747 Å². The minimum atomic E-state index is -0.126. The highest BCUT2D eigenvalue weighted by Gasteiger charge is 2.36. The number of hydrogen-bond acceptors (Lipinski definition) is 12. The van der Waals surface area contributed by atoms with Crippen molar-refractivity contribution in [1.82, 2.24) is 58.6 Å². The minimum Gasteiger partial charge on any atom is -0.456 e. The van der Waals surface area contributed by atoms with Gasteiger partial charge in [0.1, 0.15) is 11.2 Å². The van der Waals surface area contributed by atoms with Crippen LogP contribution in [0.3, 0.4) is 0 Å². The number of fused-ring (bicyclic) bond motifs is 24. The number of rotatable bonds is 10. The van der Waals surface area contributed by atoms with Gasteiger partial charge in [-0.15, -0.1) is 22.7 Å². The molecule has 1 aliphatic carbocycles. The second-order valence-corrected chi connectivity index (χ2v) is 35.2. The van der Waals surface area contributed by atoms with Gasteiger partial charge in [-0.3, -0.25) is 13.7 Å². The second-order valence-electron chi connectivity index (χ2n) is 33.0. The van der Waals surface area contributed by atoms with Crippen molar-refractivity contribution in [1.29, 1.82) is 0 Å². The van der Waals surface area contributed by atoms with E-state index >= 15 is 0 Å². The van der Waals surface area contributed by atoms with E-state index in [4.69, 9.17) is 49.3 Å². The third kappa shape index (κ3) is 12.5. The molecule has 13 nitrogen and oxygen atoms in total. The molecular weight excluding hydrogens is 1620 g/mol. The lowest BCUT2D eigenvalue weighted by molar-refractivity contribution is 0.660. The van der Waals surface area contributed by atoms with E-state index in [1.807, 2.05) is 150 Å². The lowest BCUT2D eigenvalue weighted by atomic mass is 9.82. The Morgan fingerprint density at radius 1 is 0.217 bits per heavy atom. The van der Waals surface area contributed by atoms with E-state index in [2.05, 4.69) is 301 Å². The van der Waals surface area contributed by atoms with Crippen molar-refractivity contribution in [2.24, 2.45) is 0 Å². The quantitative estimate of drug-likeness (QED) is 0.130. The maximum Gasteiger partial charge on any atom is 0.238 e. The topological polar surface area (TPSA) is 144 Å². The summed E-state index contributed by atoms with van der Waals surface area (Å²) in [6.45, 7) is 4.62. The first kappa shape index (κ1) is 75.0. The molecule has 9 aromatic heterocycles. The van der Waals surface area contributed by atoms with E-state index in [-0.39, 0.29) is 5.41 Å². The van der Waals surface area contributed by atoms with Crippen LogP contribution in [0.5, 0.6) is 0 Å². The Morgan fingerprint density at radius 3 is 0.984 bits per heavy atom. The van der Waals surface area contributed by atoms with Gasteiger partial charge in [-0.25, -0.2) is 15.0 Å². The van der Waals surface area contributed by atoms with Crippen LogP contribution < -0.4 is 0 Å². The molecule has 17 aromatic carbocycles. The summed E-state index contributed by atoms with van der Waals surface area (Å²) in [7, 11) is 0. The van der Waals surface area contributed by atoms with E-state index in [0.717, 1.165) is 105 Å². The van der Waals surface area contributed by atoms with Crippen LogP contribution in [0.4, 0.5) is 0 Å². The number of furan rings is 1. The summed E-state index contributed by atoms with van der Waals surface area (Å²) in [5.41, 5.74) is 21.3. The zero-order chi connectivity index (χ0) is 85.4. The van der Waals surface area contributed by atoms with E-state index in [1.165, 1.54) is 89.7 Å². The van der Waals surface area contributed by atoms with Gasteiger partial charge in [-0.05, 0) is 100 Å². The Bertz CT molecular complexity index is 8910. The van der Waals surface area contributed by atoms with Gasteiger partial charge in [0.2, 0.25) is 17.8 Å². The van der Waals surface area contributed by atoms with Crippen molar-refractivity contribution in [2.75, 3.05) is 0 Å². The Balaban J connectivity index is 0.000000105. The van der Waals surface area contributed by atoms with Gasteiger partial charge >= 0.3 is 0 Å². The van der Waals surface area contributed by atoms with Crippen LogP contribution in [-0.2, 0) is 5.41 Å². The molecule has 0 radical (unpaired) electrons. The third-order valence-corrected chi connectivity index (χ3v) is 27.5. The van der Waals surface area contributed by atoms with Crippen molar-refractivity contribution in [3.05, 3.63) is 412 Å². The molecule has 0 unspecified atom stereocenters. The molecule has 26 aromatic rings. The largest absolute Gasteiger partial charge is 0.456 e. The highest BCUT2D eigenvalue weighted by molar-refractivity contribution is 7.26. The molecule has 0 amide bonds. The first-order valence-corrected chi connectivity index (χ1v) is 44.8. The molecule has 9 heterocycles. The average Bonchev–Trinajstić information content (AvgIpc) is 1.56.